The van der Waals surface area contributed by atoms with Crippen molar-refractivity contribution in [2.45, 2.75) is 13.3 Å². The first-order valence-corrected chi connectivity index (χ1v) is 3.61. The number of rotatable bonds is 1. The number of carboxylic acids is 1. The summed E-state index contributed by atoms with van der Waals surface area (Å²) in [5.41, 5.74) is 0. The van der Waals surface area contributed by atoms with Crippen molar-refractivity contribution in [2.24, 2.45) is 11.8 Å². The third-order valence-corrected chi connectivity index (χ3v) is 1.88. The molecule has 0 spiro atoms. The second-order valence-electron chi connectivity index (χ2n) is 2.98. The SMILES string of the molecule is C[C@H]1CNC(=O)[C@@H](C(=O)O)C1. The fourth-order valence-corrected chi connectivity index (χ4v) is 1.20. The van der Waals surface area contributed by atoms with E-state index in [0.29, 0.717) is 13.0 Å². The van der Waals surface area contributed by atoms with Crippen molar-refractivity contribution in [2.75, 3.05) is 6.54 Å². The van der Waals surface area contributed by atoms with Gasteiger partial charge >= 0.3 is 5.97 Å². The standard InChI is InChI=1S/C7H11NO3/c1-4-2-5(7(10)11)6(9)8-3-4/h4-5H,2-3H2,1H3,(H,8,9)(H,10,11)/t4-,5+/m1/s1. The van der Waals surface area contributed by atoms with Gasteiger partial charge in [0.15, 0.2) is 0 Å². The quantitative estimate of drug-likeness (QED) is 0.520. The van der Waals surface area contributed by atoms with Crippen molar-refractivity contribution in [3.05, 3.63) is 0 Å². The first-order chi connectivity index (χ1) is 5.11. The number of carbonyl (C=O) groups excluding carboxylic acids is 1. The van der Waals surface area contributed by atoms with Crippen LogP contribution in [0.4, 0.5) is 0 Å². The second-order valence-corrected chi connectivity index (χ2v) is 2.98. The smallest absolute Gasteiger partial charge is 0.316 e. The largest absolute Gasteiger partial charge is 0.481 e. The molecule has 62 valence electrons. The average molecular weight is 157 g/mol. The van der Waals surface area contributed by atoms with Crippen LogP contribution < -0.4 is 5.32 Å². The molecule has 1 aliphatic heterocycles. The lowest BCUT2D eigenvalue weighted by atomic mass is 9.91. The molecular formula is C7H11NO3. The molecule has 1 fully saturated rings. The first kappa shape index (κ1) is 8.04. The van der Waals surface area contributed by atoms with E-state index in [9.17, 15) is 9.59 Å². The molecule has 0 bridgehead atoms. The Bertz CT molecular complexity index is 190. The number of hydrogen-bond acceptors (Lipinski definition) is 2. The van der Waals surface area contributed by atoms with Gasteiger partial charge in [-0.1, -0.05) is 6.92 Å². The summed E-state index contributed by atoms with van der Waals surface area (Å²) in [5, 5.41) is 11.1. The summed E-state index contributed by atoms with van der Waals surface area (Å²) in [6, 6.07) is 0. The summed E-state index contributed by atoms with van der Waals surface area (Å²) in [5.74, 6) is -1.93. The maximum atomic E-state index is 10.9. The van der Waals surface area contributed by atoms with Crippen LogP contribution in [0, 0.1) is 11.8 Å². The van der Waals surface area contributed by atoms with E-state index in [1.807, 2.05) is 6.92 Å². The maximum Gasteiger partial charge on any atom is 0.316 e. The Balaban J connectivity index is 2.61. The van der Waals surface area contributed by atoms with Crippen LogP contribution in [0.3, 0.4) is 0 Å². The lowest BCUT2D eigenvalue weighted by Gasteiger charge is -2.23. The van der Waals surface area contributed by atoms with Gasteiger partial charge in [-0.15, -0.1) is 0 Å². The number of hydrogen-bond donors (Lipinski definition) is 2. The van der Waals surface area contributed by atoms with Gasteiger partial charge in [0.1, 0.15) is 5.92 Å². The van der Waals surface area contributed by atoms with Crippen LogP contribution in [-0.2, 0) is 9.59 Å². The van der Waals surface area contributed by atoms with Crippen LogP contribution in [0.2, 0.25) is 0 Å². The van der Waals surface area contributed by atoms with Crippen LogP contribution >= 0.6 is 0 Å². The Kier molecular flexibility index (Phi) is 2.12. The molecular weight excluding hydrogens is 146 g/mol. The highest BCUT2D eigenvalue weighted by atomic mass is 16.4. The monoisotopic (exact) mass is 157 g/mol. The highest BCUT2D eigenvalue weighted by Crippen LogP contribution is 2.16. The van der Waals surface area contributed by atoms with E-state index in [-0.39, 0.29) is 11.8 Å². The minimum Gasteiger partial charge on any atom is -0.481 e. The van der Waals surface area contributed by atoms with Crippen LogP contribution in [0.1, 0.15) is 13.3 Å². The fourth-order valence-electron chi connectivity index (χ4n) is 1.20. The summed E-state index contributed by atoms with van der Waals surface area (Å²) in [6.07, 6.45) is 0.459. The van der Waals surface area contributed by atoms with Gasteiger partial charge in [0, 0.05) is 6.54 Å². The summed E-state index contributed by atoms with van der Waals surface area (Å²) in [4.78, 5) is 21.3. The van der Waals surface area contributed by atoms with Gasteiger partial charge in [0.2, 0.25) is 5.91 Å². The minimum atomic E-state index is -1.02. The summed E-state index contributed by atoms with van der Waals surface area (Å²) in [7, 11) is 0. The van der Waals surface area contributed by atoms with E-state index in [1.54, 1.807) is 0 Å². The van der Waals surface area contributed by atoms with Crippen molar-refractivity contribution in [3.63, 3.8) is 0 Å². The van der Waals surface area contributed by atoms with Crippen LogP contribution in [0.25, 0.3) is 0 Å². The van der Waals surface area contributed by atoms with E-state index in [4.69, 9.17) is 5.11 Å². The Hall–Kier alpha value is -1.06. The predicted molar refractivity (Wildman–Crippen MR) is 37.9 cm³/mol. The molecule has 4 heteroatoms. The van der Waals surface area contributed by atoms with Gasteiger partial charge in [-0.3, -0.25) is 9.59 Å². The zero-order valence-electron chi connectivity index (χ0n) is 6.33. The summed E-state index contributed by atoms with van der Waals surface area (Å²) in [6.45, 7) is 2.53. The van der Waals surface area contributed by atoms with Gasteiger partial charge in [-0.25, -0.2) is 0 Å². The zero-order chi connectivity index (χ0) is 8.43. The lowest BCUT2D eigenvalue weighted by molar-refractivity contribution is -0.149. The lowest BCUT2D eigenvalue weighted by Crippen LogP contribution is -2.43. The third kappa shape index (κ3) is 1.69. The van der Waals surface area contributed by atoms with Crippen molar-refractivity contribution >= 4 is 11.9 Å². The zero-order valence-corrected chi connectivity index (χ0v) is 6.33. The number of carbonyl (C=O) groups is 2. The first-order valence-electron chi connectivity index (χ1n) is 3.61. The molecule has 0 aromatic carbocycles. The third-order valence-electron chi connectivity index (χ3n) is 1.88. The molecule has 1 amide bonds. The predicted octanol–water partition coefficient (Wildman–Crippen LogP) is -0.157. The van der Waals surface area contributed by atoms with Gasteiger partial charge in [0.25, 0.3) is 0 Å². The van der Waals surface area contributed by atoms with Crippen molar-refractivity contribution in [1.29, 1.82) is 0 Å². The molecule has 0 unspecified atom stereocenters. The van der Waals surface area contributed by atoms with E-state index in [1.165, 1.54) is 0 Å². The molecule has 0 saturated carbocycles. The van der Waals surface area contributed by atoms with Gasteiger partial charge < -0.3 is 10.4 Å². The van der Waals surface area contributed by atoms with E-state index in [2.05, 4.69) is 5.32 Å². The second kappa shape index (κ2) is 2.90. The van der Waals surface area contributed by atoms with Crippen molar-refractivity contribution in [3.8, 4) is 0 Å². The molecule has 1 aliphatic rings. The van der Waals surface area contributed by atoms with Crippen molar-refractivity contribution in [1.82, 2.24) is 5.32 Å². The molecule has 4 nitrogen and oxygen atoms in total. The molecule has 1 rings (SSSR count). The van der Waals surface area contributed by atoms with Crippen LogP contribution in [-0.4, -0.2) is 23.5 Å². The molecule has 0 aliphatic carbocycles. The molecule has 1 saturated heterocycles. The van der Waals surface area contributed by atoms with E-state index in [0.717, 1.165) is 0 Å². The Morgan fingerprint density at radius 1 is 1.73 bits per heavy atom. The summed E-state index contributed by atoms with van der Waals surface area (Å²) >= 11 is 0. The van der Waals surface area contributed by atoms with E-state index < -0.39 is 11.9 Å². The van der Waals surface area contributed by atoms with Crippen molar-refractivity contribution < 1.29 is 14.7 Å². The Labute approximate surface area is 64.6 Å². The normalized spacial score (nSPS) is 31.2. The van der Waals surface area contributed by atoms with E-state index >= 15 is 0 Å². The van der Waals surface area contributed by atoms with Gasteiger partial charge in [-0.05, 0) is 12.3 Å². The molecule has 2 N–H and O–H groups in total. The average Bonchev–Trinajstić information content (AvgIpc) is 1.94. The van der Waals surface area contributed by atoms with Gasteiger partial charge in [0.05, 0.1) is 0 Å². The molecule has 1 heterocycles. The molecule has 0 radical (unpaired) electrons. The topological polar surface area (TPSA) is 66.4 Å². The minimum absolute atomic E-state index is 0.272. The van der Waals surface area contributed by atoms with Gasteiger partial charge in [-0.2, -0.15) is 0 Å². The number of carboxylic acid groups (broad SMARTS) is 1. The number of amides is 1. The van der Waals surface area contributed by atoms with Crippen LogP contribution in [0.15, 0.2) is 0 Å². The highest BCUT2D eigenvalue weighted by molar-refractivity contribution is 5.97. The fraction of sp³-hybridized carbons (Fsp3) is 0.714. The maximum absolute atomic E-state index is 10.9. The van der Waals surface area contributed by atoms with Crippen LogP contribution in [0.5, 0.6) is 0 Å². The molecule has 0 aromatic rings. The highest BCUT2D eigenvalue weighted by Gasteiger charge is 2.31. The molecule has 11 heavy (non-hydrogen) atoms. The molecule has 0 aromatic heterocycles. The number of piperidine rings is 1. The summed E-state index contributed by atoms with van der Waals surface area (Å²) < 4.78 is 0. The molecule has 2 atom stereocenters. The Morgan fingerprint density at radius 2 is 2.36 bits per heavy atom. The number of nitrogens with one attached hydrogen (secondary N) is 1. The Morgan fingerprint density at radius 3 is 2.82 bits per heavy atom. The number of aliphatic carboxylic acids is 1.